The molecule has 0 aliphatic rings. The monoisotopic (exact) mass is 327 g/mol. The maximum atomic E-state index is 13.3. The molecule has 0 amide bonds. The summed E-state index contributed by atoms with van der Waals surface area (Å²) >= 11 is 9.42. The first kappa shape index (κ1) is 13.4. The molecule has 4 heteroatoms. The summed E-state index contributed by atoms with van der Waals surface area (Å²) < 4.78 is 14.3. The molecule has 0 radical (unpaired) electrons. The highest BCUT2D eigenvalue weighted by molar-refractivity contribution is 9.10. The summed E-state index contributed by atoms with van der Waals surface area (Å²) in [6.07, 6.45) is 0. The lowest BCUT2D eigenvalue weighted by Crippen LogP contribution is -2.02. The second-order valence-electron chi connectivity index (χ2n) is 4.00. The molecule has 0 aromatic heterocycles. The van der Waals surface area contributed by atoms with Gasteiger partial charge in [-0.25, -0.2) is 4.39 Å². The summed E-state index contributed by atoms with van der Waals surface area (Å²) in [5.74, 6) is -0.390. The van der Waals surface area contributed by atoms with Crippen LogP contribution in [0, 0.1) is 12.7 Å². The van der Waals surface area contributed by atoms with Gasteiger partial charge in [0.2, 0.25) is 0 Å². The van der Waals surface area contributed by atoms with Gasteiger partial charge in [0, 0.05) is 16.7 Å². The fourth-order valence-corrected chi connectivity index (χ4v) is 2.26. The highest BCUT2D eigenvalue weighted by Crippen LogP contribution is 2.27. The number of anilines is 1. The Morgan fingerprint density at radius 3 is 2.72 bits per heavy atom. The summed E-state index contributed by atoms with van der Waals surface area (Å²) in [6.45, 7) is 2.50. The van der Waals surface area contributed by atoms with E-state index in [-0.39, 0.29) is 10.8 Å². The molecular weight excluding hydrogens is 317 g/mol. The second kappa shape index (κ2) is 5.72. The molecule has 0 aliphatic carbocycles. The summed E-state index contributed by atoms with van der Waals surface area (Å²) in [7, 11) is 0. The number of hydrogen-bond acceptors (Lipinski definition) is 1. The van der Waals surface area contributed by atoms with Crippen LogP contribution in [-0.2, 0) is 6.54 Å². The van der Waals surface area contributed by atoms with Crippen molar-refractivity contribution in [2.45, 2.75) is 13.5 Å². The molecule has 0 aliphatic heterocycles. The predicted molar refractivity (Wildman–Crippen MR) is 77.6 cm³/mol. The van der Waals surface area contributed by atoms with Gasteiger partial charge in [0.05, 0.1) is 5.02 Å². The van der Waals surface area contributed by atoms with E-state index in [1.165, 1.54) is 6.07 Å². The van der Waals surface area contributed by atoms with Gasteiger partial charge < -0.3 is 5.32 Å². The largest absolute Gasteiger partial charge is 0.380 e. The van der Waals surface area contributed by atoms with Crippen LogP contribution in [-0.4, -0.2) is 0 Å². The number of nitrogens with one attached hydrogen (secondary N) is 1. The van der Waals surface area contributed by atoms with Gasteiger partial charge in [0.25, 0.3) is 0 Å². The van der Waals surface area contributed by atoms with Gasteiger partial charge in [-0.05, 0) is 46.1 Å². The fourth-order valence-electron chi connectivity index (χ4n) is 1.66. The number of hydrogen-bond donors (Lipinski definition) is 1. The van der Waals surface area contributed by atoms with Crippen molar-refractivity contribution in [3.05, 3.63) is 62.8 Å². The van der Waals surface area contributed by atoms with E-state index in [9.17, 15) is 4.39 Å². The van der Waals surface area contributed by atoms with Gasteiger partial charge in [0.15, 0.2) is 0 Å². The van der Waals surface area contributed by atoms with E-state index in [4.69, 9.17) is 11.6 Å². The van der Waals surface area contributed by atoms with Gasteiger partial charge in [0.1, 0.15) is 5.82 Å². The number of benzene rings is 2. The van der Waals surface area contributed by atoms with Crippen molar-refractivity contribution in [1.29, 1.82) is 0 Å². The van der Waals surface area contributed by atoms with Crippen LogP contribution in [0.3, 0.4) is 0 Å². The van der Waals surface area contributed by atoms with Crippen LogP contribution in [0.25, 0.3) is 0 Å². The maximum absolute atomic E-state index is 13.3. The standard InChI is InChI=1S/C14H12BrClFN/c1-9-4-2-7-12(13(9)15)18-8-10-5-3-6-11(17)14(10)16/h2-7,18H,8H2,1H3. The van der Waals surface area contributed by atoms with Crippen LogP contribution in [0.2, 0.25) is 5.02 Å². The highest BCUT2D eigenvalue weighted by Gasteiger charge is 2.06. The Kier molecular flexibility index (Phi) is 4.25. The first-order valence-electron chi connectivity index (χ1n) is 5.51. The Morgan fingerprint density at radius 1 is 1.22 bits per heavy atom. The number of aryl methyl sites for hydroxylation is 1. The van der Waals surface area contributed by atoms with Crippen LogP contribution in [0.15, 0.2) is 40.9 Å². The third-order valence-electron chi connectivity index (χ3n) is 2.69. The van der Waals surface area contributed by atoms with Crippen molar-refractivity contribution in [2.75, 3.05) is 5.32 Å². The van der Waals surface area contributed by atoms with E-state index >= 15 is 0 Å². The van der Waals surface area contributed by atoms with E-state index < -0.39 is 0 Å². The fraction of sp³-hybridized carbons (Fsp3) is 0.143. The highest BCUT2D eigenvalue weighted by atomic mass is 79.9. The van der Waals surface area contributed by atoms with Crippen molar-refractivity contribution in [1.82, 2.24) is 0 Å². The average molecular weight is 329 g/mol. The van der Waals surface area contributed by atoms with E-state index in [2.05, 4.69) is 21.2 Å². The Labute approximate surface area is 119 Å². The van der Waals surface area contributed by atoms with Crippen molar-refractivity contribution in [3.8, 4) is 0 Å². The van der Waals surface area contributed by atoms with Gasteiger partial charge >= 0.3 is 0 Å². The molecule has 1 nitrogen and oxygen atoms in total. The molecule has 0 heterocycles. The van der Waals surface area contributed by atoms with E-state index in [1.807, 2.05) is 31.2 Å². The van der Waals surface area contributed by atoms with Gasteiger partial charge in [-0.1, -0.05) is 35.9 Å². The first-order valence-corrected chi connectivity index (χ1v) is 6.68. The Bertz CT molecular complexity index is 520. The van der Waals surface area contributed by atoms with Crippen molar-refractivity contribution < 1.29 is 4.39 Å². The Balaban J connectivity index is 2.17. The molecule has 2 aromatic rings. The third-order valence-corrected chi connectivity index (χ3v) is 4.17. The smallest absolute Gasteiger partial charge is 0.142 e. The lowest BCUT2D eigenvalue weighted by Gasteiger charge is -2.11. The third kappa shape index (κ3) is 2.85. The summed E-state index contributed by atoms with van der Waals surface area (Å²) in [5, 5.41) is 3.41. The molecule has 0 bridgehead atoms. The van der Waals surface area contributed by atoms with Crippen molar-refractivity contribution in [3.63, 3.8) is 0 Å². The van der Waals surface area contributed by atoms with Crippen molar-refractivity contribution >= 4 is 33.2 Å². The molecule has 2 aromatic carbocycles. The Morgan fingerprint density at radius 2 is 1.94 bits per heavy atom. The minimum Gasteiger partial charge on any atom is -0.380 e. The molecule has 1 N–H and O–H groups in total. The minimum absolute atomic E-state index is 0.175. The molecule has 18 heavy (non-hydrogen) atoms. The van der Waals surface area contributed by atoms with Gasteiger partial charge in [-0.3, -0.25) is 0 Å². The number of halogens is 3. The molecule has 0 atom stereocenters. The SMILES string of the molecule is Cc1cccc(NCc2cccc(F)c2Cl)c1Br. The van der Waals surface area contributed by atoms with Crippen LogP contribution in [0.4, 0.5) is 10.1 Å². The topological polar surface area (TPSA) is 12.0 Å². The summed E-state index contributed by atoms with van der Waals surface area (Å²) in [6, 6.07) is 10.8. The lowest BCUT2D eigenvalue weighted by atomic mass is 10.2. The quantitative estimate of drug-likeness (QED) is 0.820. The van der Waals surface area contributed by atoms with E-state index in [0.717, 1.165) is 21.3 Å². The maximum Gasteiger partial charge on any atom is 0.142 e. The zero-order valence-corrected chi connectivity index (χ0v) is 12.1. The molecule has 0 saturated carbocycles. The molecule has 94 valence electrons. The van der Waals surface area contributed by atoms with E-state index in [0.29, 0.717) is 6.54 Å². The summed E-state index contributed by atoms with van der Waals surface area (Å²) in [5.41, 5.74) is 2.85. The van der Waals surface area contributed by atoms with Gasteiger partial charge in [-0.15, -0.1) is 0 Å². The Hall–Kier alpha value is -1.06. The molecule has 0 fully saturated rings. The summed E-state index contributed by atoms with van der Waals surface area (Å²) in [4.78, 5) is 0. The van der Waals surface area contributed by atoms with Crippen LogP contribution in [0.5, 0.6) is 0 Å². The van der Waals surface area contributed by atoms with E-state index in [1.54, 1.807) is 6.07 Å². The average Bonchev–Trinajstić information content (AvgIpc) is 2.36. The lowest BCUT2D eigenvalue weighted by molar-refractivity contribution is 0.626. The molecule has 0 spiro atoms. The first-order chi connectivity index (χ1) is 8.59. The van der Waals surface area contributed by atoms with Crippen LogP contribution < -0.4 is 5.32 Å². The zero-order chi connectivity index (χ0) is 13.1. The molecule has 0 saturated heterocycles. The normalized spacial score (nSPS) is 10.4. The molecule has 0 unspecified atom stereocenters. The minimum atomic E-state index is -0.390. The predicted octanol–water partition coefficient (Wildman–Crippen LogP) is 5.16. The molecular formula is C14H12BrClFN. The number of rotatable bonds is 3. The van der Waals surface area contributed by atoms with Gasteiger partial charge in [-0.2, -0.15) is 0 Å². The van der Waals surface area contributed by atoms with Crippen molar-refractivity contribution in [2.24, 2.45) is 0 Å². The second-order valence-corrected chi connectivity index (χ2v) is 5.17. The molecule has 2 rings (SSSR count). The van der Waals surface area contributed by atoms with Crippen LogP contribution >= 0.6 is 27.5 Å². The zero-order valence-electron chi connectivity index (χ0n) is 9.81. The van der Waals surface area contributed by atoms with Crippen LogP contribution in [0.1, 0.15) is 11.1 Å².